The molecule has 1 aliphatic rings. The van der Waals surface area contributed by atoms with Gasteiger partial charge in [0.1, 0.15) is 0 Å². The van der Waals surface area contributed by atoms with Gasteiger partial charge in [0, 0.05) is 12.1 Å². The van der Waals surface area contributed by atoms with Gasteiger partial charge in [0.15, 0.2) is 0 Å². The van der Waals surface area contributed by atoms with Gasteiger partial charge < -0.3 is 5.32 Å². The lowest BCUT2D eigenvalue weighted by molar-refractivity contribution is 0.266. The largest absolute Gasteiger partial charge is 0.307 e. The minimum absolute atomic E-state index is 0.478. The maximum atomic E-state index is 3.82. The molecular weight excluding hydrogens is 218 g/mol. The van der Waals surface area contributed by atoms with Gasteiger partial charge in [0.05, 0.1) is 0 Å². The second-order valence-corrected chi connectivity index (χ2v) is 5.94. The summed E-state index contributed by atoms with van der Waals surface area (Å²) in [6, 6.07) is 10.1. The fraction of sp³-hybridized carbons (Fsp3) is 0.647. The van der Waals surface area contributed by atoms with Crippen LogP contribution in [0, 0.1) is 12.8 Å². The molecule has 1 nitrogen and oxygen atoms in total. The third kappa shape index (κ3) is 3.58. The third-order valence-corrected chi connectivity index (χ3v) is 4.42. The fourth-order valence-corrected chi connectivity index (χ4v) is 3.12. The summed E-state index contributed by atoms with van der Waals surface area (Å²) in [7, 11) is 0. The Morgan fingerprint density at radius 1 is 1.22 bits per heavy atom. The average Bonchev–Trinajstić information content (AvgIpc) is 2.39. The van der Waals surface area contributed by atoms with Crippen molar-refractivity contribution < 1.29 is 0 Å². The summed E-state index contributed by atoms with van der Waals surface area (Å²) in [6.45, 7) is 6.77. The first-order chi connectivity index (χ1) is 8.69. The predicted molar refractivity (Wildman–Crippen MR) is 78.8 cm³/mol. The Bertz CT molecular complexity index is 354. The van der Waals surface area contributed by atoms with E-state index < -0.39 is 0 Å². The Labute approximate surface area is 112 Å². The Morgan fingerprint density at radius 3 is 2.61 bits per heavy atom. The molecule has 1 saturated carbocycles. The lowest BCUT2D eigenvalue weighted by Gasteiger charge is -2.31. The highest BCUT2D eigenvalue weighted by atomic mass is 14.9. The molecule has 0 heterocycles. The van der Waals surface area contributed by atoms with Gasteiger partial charge in [-0.15, -0.1) is 0 Å². The molecule has 0 saturated heterocycles. The molecule has 0 radical (unpaired) electrons. The molecule has 2 unspecified atom stereocenters. The van der Waals surface area contributed by atoms with E-state index in [0.717, 1.165) is 12.0 Å². The van der Waals surface area contributed by atoms with Crippen molar-refractivity contribution in [1.29, 1.82) is 0 Å². The molecule has 0 amide bonds. The SMILES string of the molecule is CCC1CCCC(N[C@H](C)c2ccc(C)cc2)C1. The third-order valence-electron chi connectivity index (χ3n) is 4.42. The van der Waals surface area contributed by atoms with Crippen LogP contribution in [0.4, 0.5) is 0 Å². The van der Waals surface area contributed by atoms with Crippen LogP contribution in [0.5, 0.6) is 0 Å². The zero-order valence-corrected chi connectivity index (χ0v) is 12.1. The highest BCUT2D eigenvalue weighted by molar-refractivity contribution is 5.23. The van der Waals surface area contributed by atoms with Crippen molar-refractivity contribution >= 4 is 0 Å². The van der Waals surface area contributed by atoms with E-state index in [-0.39, 0.29) is 0 Å². The molecule has 1 aliphatic carbocycles. The molecule has 0 aromatic heterocycles. The van der Waals surface area contributed by atoms with Crippen molar-refractivity contribution in [2.24, 2.45) is 5.92 Å². The molecule has 18 heavy (non-hydrogen) atoms. The zero-order valence-electron chi connectivity index (χ0n) is 12.1. The number of benzene rings is 1. The number of rotatable bonds is 4. The van der Waals surface area contributed by atoms with E-state index in [0.29, 0.717) is 6.04 Å². The Morgan fingerprint density at radius 2 is 1.94 bits per heavy atom. The van der Waals surface area contributed by atoms with E-state index in [4.69, 9.17) is 0 Å². The molecule has 3 atom stereocenters. The van der Waals surface area contributed by atoms with Crippen LogP contribution in [0.15, 0.2) is 24.3 Å². The van der Waals surface area contributed by atoms with Crippen molar-refractivity contribution in [3.63, 3.8) is 0 Å². The fourth-order valence-electron chi connectivity index (χ4n) is 3.12. The first-order valence-corrected chi connectivity index (χ1v) is 7.51. The minimum Gasteiger partial charge on any atom is -0.307 e. The normalized spacial score (nSPS) is 25.9. The molecule has 1 aromatic carbocycles. The second kappa shape index (κ2) is 6.38. The van der Waals surface area contributed by atoms with Crippen LogP contribution in [0.25, 0.3) is 0 Å². The number of nitrogens with one attached hydrogen (secondary N) is 1. The minimum atomic E-state index is 0.478. The van der Waals surface area contributed by atoms with Crippen molar-refractivity contribution in [3.8, 4) is 0 Å². The van der Waals surface area contributed by atoms with Crippen LogP contribution in [-0.4, -0.2) is 6.04 Å². The van der Waals surface area contributed by atoms with Gasteiger partial charge in [-0.2, -0.15) is 0 Å². The molecule has 0 bridgehead atoms. The van der Waals surface area contributed by atoms with Gasteiger partial charge >= 0.3 is 0 Å². The molecule has 1 heteroatoms. The molecule has 1 N–H and O–H groups in total. The molecule has 100 valence electrons. The van der Waals surface area contributed by atoms with Gasteiger partial charge in [-0.25, -0.2) is 0 Å². The second-order valence-electron chi connectivity index (χ2n) is 5.94. The Hall–Kier alpha value is -0.820. The van der Waals surface area contributed by atoms with E-state index in [1.165, 1.54) is 43.2 Å². The van der Waals surface area contributed by atoms with Crippen molar-refractivity contribution in [3.05, 3.63) is 35.4 Å². The maximum absolute atomic E-state index is 3.82. The van der Waals surface area contributed by atoms with Crippen molar-refractivity contribution in [1.82, 2.24) is 5.32 Å². The van der Waals surface area contributed by atoms with Crippen molar-refractivity contribution in [2.45, 2.75) is 65.0 Å². The van der Waals surface area contributed by atoms with E-state index in [1.54, 1.807) is 0 Å². The van der Waals surface area contributed by atoms with Gasteiger partial charge in [-0.05, 0) is 38.2 Å². The molecule has 1 fully saturated rings. The highest BCUT2D eigenvalue weighted by Gasteiger charge is 2.21. The molecule has 0 aliphatic heterocycles. The van der Waals surface area contributed by atoms with E-state index in [1.807, 2.05) is 0 Å². The van der Waals surface area contributed by atoms with Crippen LogP contribution in [-0.2, 0) is 0 Å². The lowest BCUT2D eigenvalue weighted by atomic mass is 9.84. The summed E-state index contributed by atoms with van der Waals surface area (Å²) in [4.78, 5) is 0. The highest BCUT2D eigenvalue weighted by Crippen LogP contribution is 2.28. The molecule has 1 aromatic rings. The Balaban J connectivity index is 1.90. The van der Waals surface area contributed by atoms with Crippen LogP contribution < -0.4 is 5.32 Å². The van der Waals surface area contributed by atoms with Crippen LogP contribution in [0.3, 0.4) is 0 Å². The number of hydrogen-bond acceptors (Lipinski definition) is 1. The molecular formula is C17H27N. The average molecular weight is 245 g/mol. The summed E-state index contributed by atoms with van der Waals surface area (Å²) in [5, 5.41) is 3.82. The summed E-state index contributed by atoms with van der Waals surface area (Å²) in [5.41, 5.74) is 2.76. The lowest BCUT2D eigenvalue weighted by Crippen LogP contribution is -2.35. The maximum Gasteiger partial charge on any atom is 0.0294 e. The quantitative estimate of drug-likeness (QED) is 0.816. The Kier molecular flexibility index (Phi) is 4.82. The molecule has 2 rings (SSSR count). The summed E-state index contributed by atoms with van der Waals surface area (Å²) in [6.07, 6.45) is 6.90. The van der Waals surface area contributed by atoms with Gasteiger partial charge in [0.25, 0.3) is 0 Å². The van der Waals surface area contributed by atoms with Gasteiger partial charge in [0.2, 0.25) is 0 Å². The van der Waals surface area contributed by atoms with E-state index in [9.17, 15) is 0 Å². The summed E-state index contributed by atoms with van der Waals surface area (Å²) < 4.78 is 0. The van der Waals surface area contributed by atoms with E-state index >= 15 is 0 Å². The summed E-state index contributed by atoms with van der Waals surface area (Å²) in [5.74, 6) is 0.946. The summed E-state index contributed by atoms with van der Waals surface area (Å²) >= 11 is 0. The van der Waals surface area contributed by atoms with Gasteiger partial charge in [-0.1, -0.05) is 56.0 Å². The van der Waals surface area contributed by atoms with Gasteiger partial charge in [-0.3, -0.25) is 0 Å². The van der Waals surface area contributed by atoms with Crippen LogP contribution in [0.1, 0.15) is 63.1 Å². The topological polar surface area (TPSA) is 12.0 Å². The smallest absolute Gasteiger partial charge is 0.0294 e. The van der Waals surface area contributed by atoms with Crippen molar-refractivity contribution in [2.75, 3.05) is 0 Å². The first kappa shape index (κ1) is 13.6. The monoisotopic (exact) mass is 245 g/mol. The first-order valence-electron chi connectivity index (χ1n) is 7.51. The molecule has 0 spiro atoms. The predicted octanol–water partition coefficient (Wildman–Crippen LogP) is 4.61. The van der Waals surface area contributed by atoms with E-state index in [2.05, 4.69) is 50.4 Å². The van der Waals surface area contributed by atoms with Crippen LogP contribution in [0.2, 0.25) is 0 Å². The number of hydrogen-bond donors (Lipinski definition) is 1. The number of aryl methyl sites for hydroxylation is 1. The zero-order chi connectivity index (χ0) is 13.0. The standard InChI is InChI=1S/C17H27N/c1-4-15-6-5-7-17(12-15)18-14(3)16-10-8-13(2)9-11-16/h8-11,14-15,17-18H,4-7,12H2,1-3H3/t14-,15?,17?/m1/s1. The van der Waals surface area contributed by atoms with Crippen LogP contribution >= 0.6 is 0 Å².